The zero-order valence-electron chi connectivity index (χ0n) is 10.2. The molecule has 2 aromatic rings. The van der Waals surface area contributed by atoms with E-state index in [1.54, 1.807) is 6.20 Å². The highest BCUT2D eigenvalue weighted by Crippen LogP contribution is 2.18. The SMILES string of the molecule is O=C(Cc1ccnc2ccccc12)C1CCCN1. The molecule has 1 aliphatic heterocycles. The Morgan fingerprint density at radius 2 is 2.22 bits per heavy atom. The largest absolute Gasteiger partial charge is 0.307 e. The lowest BCUT2D eigenvalue weighted by atomic mass is 10.00. The van der Waals surface area contributed by atoms with Gasteiger partial charge >= 0.3 is 0 Å². The molecule has 1 aromatic carbocycles. The Kier molecular flexibility index (Phi) is 3.07. The van der Waals surface area contributed by atoms with Crippen LogP contribution in [-0.2, 0) is 11.2 Å². The summed E-state index contributed by atoms with van der Waals surface area (Å²) in [4.78, 5) is 16.5. The van der Waals surface area contributed by atoms with Crippen molar-refractivity contribution in [3.8, 4) is 0 Å². The number of aromatic nitrogens is 1. The Bertz CT molecular complexity index is 568. The first-order valence-corrected chi connectivity index (χ1v) is 6.43. The maximum absolute atomic E-state index is 12.2. The lowest BCUT2D eigenvalue weighted by molar-refractivity contribution is -0.120. The first kappa shape index (κ1) is 11.4. The highest BCUT2D eigenvalue weighted by atomic mass is 16.1. The minimum Gasteiger partial charge on any atom is -0.307 e. The number of Topliss-reactive ketones (excluding diaryl/α,β-unsaturated/α-hetero) is 1. The molecule has 0 amide bonds. The van der Waals surface area contributed by atoms with Crippen LogP contribution in [0.15, 0.2) is 36.5 Å². The number of carbonyl (C=O) groups excluding carboxylic acids is 1. The van der Waals surface area contributed by atoms with Crippen LogP contribution in [0.25, 0.3) is 10.9 Å². The van der Waals surface area contributed by atoms with Crippen LogP contribution in [0, 0.1) is 0 Å². The summed E-state index contributed by atoms with van der Waals surface area (Å²) in [7, 11) is 0. The third kappa shape index (κ3) is 2.14. The maximum Gasteiger partial charge on any atom is 0.154 e. The number of carbonyl (C=O) groups is 1. The first-order valence-electron chi connectivity index (χ1n) is 6.43. The Morgan fingerprint density at radius 3 is 3.06 bits per heavy atom. The van der Waals surface area contributed by atoms with Crippen molar-refractivity contribution >= 4 is 16.7 Å². The van der Waals surface area contributed by atoms with E-state index in [2.05, 4.69) is 10.3 Å². The summed E-state index contributed by atoms with van der Waals surface area (Å²) in [5, 5.41) is 4.35. The standard InChI is InChI=1S/C15H16N2O/c18-15(14-6-3-8-16-14)10-11-7-9-17-13-5-2-1-4-12(11)13/h1-2,4-5,7,9,14,16H,3,6,8,10H2. The summed E-state index contributed by atoms with van der Waals surface area (Å²) in [6.45, 7) is 0.966. The molecule has 1 atom stereocenters. The van der Waals surface area contributed by atoms with Gasteiger partial charge in [-0.3, -0.25) is 9.78 Å². The molecule has 1 unspecified atom stereocenters. The Balaban J connectivity index is 1.88. The van der Waals surface area contributed by atoms with Crippen molar-refractivity contribution in [1.82, 2.24) is 10.3 Å². The number of pyridine rings is 1. The van der Waals surface area contributed by atoms with E-state index in [4.69, 9.17) is 0 Å². The molecule has 1 fully saturated rings. The van der Waals surface area contributed by atoms with Gasteiger partial charge in [-0.05, 0) is 37.1 Å². The van der Waals surface area contributed by atoms with Gasteiger partial charge in [0.1, 0.15) is 0 Å². The average molecular weight is 240 g/mol. The lowest BCUT2D eigenvalue weighted by Gasteiger charge is -2.10. The molecule has 0 saturated carbocycles. The predicted molar refractivity (Wildman–Crippen MR) is 71.5 cm³/mol. The fourth-order valence-corrected chi connectivity index (χ4v) is 2.58. The third-order valence-electron chi connectivity index (χ3n) is 3.55. The molecule has 0 bridgehead atoms. The number of rotatable bonds is 3. The van der Waals surface area contributed by atoms with Crippen molar-refractivity contribution in [2.45, 2.75) is 25.3 Å². The number of hydrogen-bond donors (Lipinski definition) is 1. The van der Waals surface area contributed by atoms with E-state index in [0.29, 0.717) is 12.2 Å². The molecular formula is C15H16N2O. The Morgan fingerprint density at radius 1 is 1.33 bits per heavy atom. The highest BCUT2D eigenvalue weighted by Gasteiger charge is 2.22. The summed E-state index contributed by atoms with van der Waals surface area (Å²) >= 11 is 0. The van der Waals surface area contributed by atoms with E-state index in [1.165, 1.54) is 0 Å². The van der Waals surface area contributed by atoms with Crippen LogP contribution in [0.5, 0.6) is 0 Å². The topological polar surface area (TPSA) is 42.0 Å². The number of nitrogens with zero attached hydrogens (tertiary/aromatic N) is 1. The first-order chi connectivity index (χ1) is 8.84. The summed E-state index contributed by atoms with van der Waals surface area (Å²) in [6.07, 6.45) is 4.36. The molecule has 1 aliphatic rings. The van der Waals surface area contributed by atoms with E-state index >= 15 is 0 Å². The van der Waals surface area contributed by atoms with Gasteiger partial charge in [0.15, 0.2) is 5.78 Å². The molecule has 92 valence electrons. The molecule has 1 N–H and O–H groups in total. The van der Waals surface area contributed by atoms with Crippen LogP contribution in [0.4, 0.5) is 0 Å². The lowest BCUT2D eigenvalue weighted by Crippen LogP contribution is -2.31. The second-order valence-corrected chi connectivity index (χ2v) is 4.78. The molecule has 3 heteroatoms. The van der Waals surface area contributed by atoms with E-state index in [9.17, 15) is 4.79 Å². The van der Waals surface area contributed by atoms with Gasteiger partial charge in [-0.1, -0.05) is 18.2 Å². The minimum atomic E-state index is 0.0527. The number of hydrogen-bond acceptors (Lipinski definition) is 3. The smallest absolute Gasteiger partial charge is 0.154 e. The third-order valence-corrected chi connectivity index (χ3v) is 3.55. The van der Waals surface area contributed by atoms with Gasteiger partial charge < -0.3 is 5.32 Å². The summed E-state index contributed by atoms with van der Waals surface area (Å²) in [6, 6.07) is 9.99. The van der Waals surface area contributed by atoms with Crippen molar-refractivity contribution in [1.29, 1.82) is 0 Å². The molecule has 3 rings (SSSR count). The number of para-hydroxylation sites is 1. The van der Waals surface area contributed by atoms with Gasteiger partial charge in [-0.25, -0.2) is 0 Å². The monoisotopic (exact) mass is 240 g/mol. The second-order valence-electron chi connectivity index (χ2n) is 4.78. The highest BCUT2D eigenvalue weighted by molar-refractivity contribution is 5.91. The molecule has 0 spiro atoms. The van der Waals surface area contributed by atoms with E-state index in [0.717, 1.165) is 35.9 Å². The van der Waals surface area contributed by atoms with Gasteiger partial charge in [-0.15, -0.1) is 0 Å². The summed E-state index contributed by atoms with van der Waals surface area (Å²) in [5.41, 5.74) is 2.04. The van der Waals surface area contributed by atoms with Crippen LogP contribution in [0.1, 0.15) is 18.4 Å². The molecule has 1 saturated heterocycles. The van der Waals surface area contributed by atoms with Crippen LogP contribution in [0.3, 0.4) is 0 Å². The van der Waals surface area contributed by atoms with Gasteiger partial charge in [0.2, 0.25) is 0 Å². The molecule has 0 radical (unpaired) electrons. The average Bonchev–Trinajstić information content (AvgIpc) is 2.93. The Hall–Kier alpha value is -1.74. The second kappa shape index (κ2) is 4.86. The fraction of sp³-hybridized carbons (Fsp3) is 0.333. The van der Waals surface area contributed by atoms with Gasteiger partial charge in [0.05, 0.1) is 11.6 Å². The predicted octanol–water partition coefficient (Wildman–Crippen LogP) is 2.10. The van der Waals surface area contributed by atoms with Gasteiger partial charge in [0, 0.05) is 18.0 Å². The van der Waals surface area contributed by atoms with E-state index in [-0.39, 0.29) is 6.04 Å². The van der Waals surface area contributed by atoms with E-state index < -0.39 is 0 Å². The number of ketones is 1. The Labute approximate surface area is 106 Å². The van der Waals surface area contributed by atoms with Crippen molar-refractivity contribution < 1.29 is 4.79 Å². The molecule has 3 nitrogen and oxygen atoms in total. The zero-order valence-corrected chi connectivity index (χ0v) is 10.2. The van der Waals surface area contributed by atoms with Crippen molar-refractivity contribution in [3.63, 3.8) is 0 Å². The van der Waals surface area contributed by atoms with Crippen LogP contribution < -0.4 is 5.32 Å². The zero-order chi connectivity index (χ0) is 12.4. The minimum absolute atomic E-state index is 0.0527. The summed E-state index contributed by atoms with van der Waals surface area (Å²) in [5.74, 6) is 0.295. The van der Waals surface area contributed by atoms with E-state index in [1.807, 2.05) is 30.3 Å². The molecule has 1 aromatic heterocycles. The number of fused-ring (bicyclic) bond motifs is 1. The molecular weight excluding hydrogens is 224 g/mol. The van der Waals surface area contributed by atoms with Crippen LogP contribution in [-0.4, -0.2) is 23.4 Å². The molecule has 18 heavy (non-hydrogen) atoms. The quantitative estimate of drug-likeness (QED) is 0.893. The van der Waals surface area contributed by atoms with Crippen molar-refractivity contribution in [2.75, 3.05) is 6.54 Å². The van der Waals surface area contributed by atoms with Crippen molar-refractivity contribution in [3.05, 3.63) is 42.1 Å². The molecule has 0 aliphatic carbocycles. The maximum atomic E-state index is 12.2. The summed E-state index contributed by atoms with van der Waals surface area (Å²) < 4.78 is 0. The normalized spacial score (nSPS) is 19.2. The van der Waals surface area contributed by atoms with Gasteiger partial charge in [-0.2, -0.15) is 0 Å². The van der Waals surface area contributed by atoms with Crippen LogP contribution in [0.2, 0.25) is 0 Å². The fourth-order valence-electron chi connectivity index (χ4n) is 2.58. The number of nitrogens with one attached hydrogen (secondary N) is 1. The van der Waals surface area contributed by atoms with Crippen LogP contribution >= 0.6 is 0 Å². The number of benzene rings is 1. The van der Waals surface area contributed by atoms with Crippen molar-refractivity contribution in [2.24, 2.45) is 0 Å². The molecule has 2 heterocycles. The van der Waals surface area contributed by atoms with Gasteiger partial charge in [0.25, 0.3) is 0 Å².